The number of hydrogen-bond acceptors (Lipinski definition) is 4. The van der Waals surface area contributed by atoms with Gasteiger partial charge in [0.05, 0.1) is 0 Å². The Morgan fingerprint density at radius 1 is 1.17 bits per heavy atom. The summed E-state index contributed by atoms with van der Waals surface area (Å²) in [7, 11) is 0. The molecule has 1 aliphatic heterocycles. The molecule has 0 saturated carbocycles. The van der Waals surface area contributed by atoms with Crippen LogP contribution in [-0.2, 0) is 9.59 Å². The topological polar surface area (TPSA) is 66.7 Å². The van der Waals surface area contributed by atoms with Crippen molar-refractivity contribution in [1.29, 1.82) is 0 Å². The largest absolute Gasteiger partial charge is 0.342 e. The summed E-state index contributed by atoms with van der Waals surface area (Å²) in [6, 6.07) is 6.09. The lowest BCUT2D eigenvalue weighted by atomic mass is 9.90. The van der Waals surface area contributed by atoms with E-state index < -0.39 is 5.41 Å². The second-order valence-electron chi connectivity index (χ2n) is 8.68. The van der Waals surface area contributed by atoms with E-state index in [1.807, 2.05) is 41.6 Å². The highest BCUT2D eigenvalue weighted by Gasteiger charge is 2.33. The molecule has 8 heteroatoms. The zero-order valence-corrected chi connectivity index (χ0v) is 18.1. The highest BCUT2D eigenvalue weighted by molar-refractivity contribution is 7.15. The summed E-state index contributed by atoms with van der Waals surface area (Å²) in [6.07, 6.45) is 3.12. The third-order valence-corrected chi connectivity index (χ3v) is 6.17. The minimum absolute atomic E-state index is 0.0748. The van der Waals surface area contributed by atoms with E-state index in [4.69, 9.17) is 0 Å². The van der Waals surface area contributed by atoms with Crippen LogP contribution in [0.5, 0.6) is 0 Å². The fourth-order valence-electron chi connectivity index (χ4n) is 3.75. The molecule has 4 rings (SSSR count). The molecule has 1 aliphatic rings. The minimum Gasteiger partial charge on any atom is -0.342 e. The number of likely N-dealkylation sites (tertiary alicyclic amines) is 1. The van der Waals surface area contributed by atoms with E-state index >= 15 is 0 Å². The summed E-state index contributed by atoms with van der Waals surface area (Å²) in [5.74, 6) is 0.155. The zero-order chi connectivity index (χ0) is 21.5. The third-order valence-electron chi connectivity index (χ3n) is 5.42. The molecule has 0 radical (unpaired) electrons. The van der Waals surface area contributed by atoms with E-state index in [2.05, 4.69) is 10.3 Å². The molecule has 2 amide bonds. The van der Waals surface area contributed by atoms with Gasteiger partial charge in [0.25, 0.3) is 0 Å². The second kappa shape index (κ2) is 7.83. The van der Waals surface area contributed by atoms with E-state index in [9.17, 15) is 14.0 Å². The number of fused-ring (bicyclic) bond motifs is 1. The Kier molecular flexibility index (Phi) is 5.36. The number of hydrogen-bond donors (Lipinski definition) is 1. The van der Waals surface area contributed by atoms with Gasteiger partial charge in [-0.15, -0.1) is 11.3 Å². The van der Waals surface area contributed by atoms with Gasteiger partial charge in [0.1, 0.15) is 17.3 Å². The number of aromatic nitrogens is 2. The molecule has 0 spiro atoms. The summed E-state index contributed by atoms with van der Waals surface area (Å²) in [4.78, 5) is 32.7. The molecule has 158 valence electrons. The van der Waals surface area contributed by atoms with Crippen LogP contribution in [0.25, 0.3) is 16.2 Å². The molecule has 0 bridgehead atoms. The lowest BCUT2D eigenvalue weighted by molar-refractivity contribution is -0.142. The Balaban J connectivity index is 1.51. The molecule has 1 fully saturated rings. The van der Waals surface area contributed by atoms with Crippen LogP contribution in [0.15, 0.2) is 35.8 Å². The van der Waals surface area contributed by atoms with Gasteiger partial charge in [0.15, 0.2) is 4.96 Å². The standard InChI is InChI=1S/C22H25FN4O2S/c1-22(2,3)20(29)26-10-8-15(9-11-26)19(28)25-18-17(14-4-6-16(23)7-5-14)24-21-27(18)12-13-30-21/h4-7,12-13,15H,8-11H2,1-3H3,(H,25,28). The molecule has 30 heavy (non-hydrogen) atoms. The minimum atomic E-state index is -0.415. The van der Waals surface area contributed by atoms with Crippen molar-refractivity contribution < 1.29 is 14.0 Å². The summed E-state index contributed by atoms with van der Waals surface area (Å²) >= 11 is 1.47. The van der Waals surface area contributed by atoms with Crippen LogP contribution in [0.2, 0.25) is 0 Å². The Morgan fingerprint density at radius 3 is 2.47 bits per heavy atom. The van der Waals surface area contributed by atoms with Crippen LogP contribution >= 0.6 is 11.3 Å². The number of nitrogens with one attached hydrogen (secondary N) is 1. The maximum absolute atomic E-state index is 13.3. The number of carbonyl (C=O) groups is 2. The van der Waals surface area contributed by atoms with Gasteiger partial charge in [-0.1, -0.05) is 20.8 Å². The molecular formula is C22H25FN4O2S. The molecule has 0 unspecified atom stereocenters. The molecule has 1 saturated heterocycles. The SMILES string of the molecule is CC(C)(C)C(=O)N1CCC(C(=O)Nc2c(-c3ccc(F)cc3)nc3sccn23)CC1. The fourth-order valence-corrected chi connectivity index (χ4v) is 4.47. The van der Waals surface area contributed by atoms with Crippen molar-refractivity contribution in [1.82, 2.24) is 14.3 Å². The molecule has 1 N–H and O–H groups in total. The third kappa shape index (κ3) is 3.96. The predicted molar refractivity (Wildman–Crippen MR) is 116 cm³/mol. The lowest BCUT2D eigenvalue weighted by Crippen LogP contribution is -2.45. The predicted octanol–water partition coefficient (Wildman–Crippen LogP) is 4.43. The van der Waals surface area contributed by atoms with Crippen LogP contribution in [0.1, 0.15) is 33.6 Å². The summed E-state index contributed by atoms with van der Waals surface area (Å²) in [5, 5.41) is 4.95. The zero-order valence-electron chi connectivity index (χ0n) is 17.3. The Bertz CT molecular complexity index is 1070. The molecule has 2 aromatic heterocycles. The quantitative estimate of drug-likeness (QED) is 0.671. The molecule has 0 aliphatic carbocycles. The van der Waals surface area contributed by atoms with Gasteiger partial charge in [-0.25, -0.2) is 9.37 Å². The van der Waals surface area contributed by atoms with E-state index in [-0.39, 0.29) is 23.5 Å². The van der Waals surface area contributed by atoms with Gasteiger partial charge in [-0.05, 0) is 37.1 Å². The van der Waals surface area contributed by atoms with E-state index in [0.29, 0.717) is 37.4 Å². The van der Waals surface area contributed by atoms with Gasteiger partial charge < -0.3 is 10.2 Å². The molecule has 1 aromatic carbocycles. The highest BCUT2D eigenvalue weighted by Crippen LogP contribution is 2.32. The number of nitrogens with zero attached hydrogens (tertiary/aromatic N) is 3. The van der Waals surface area contributed by atoms with E-state index in [1.54, 1.807) is 12.1 Å². The monoisotopic (exact) mass is 428 g/mol. The van der Waals surface area contributed by atoms with Gasteiger partial charge in [0.2, 0.25) is 11.8 Å². The Morgan fingerprint density at radius 2 is 1.83 bits per heavy atom. The first-order chi connectivity index (χ1) is 14.2. The number of amides is 2. The first-order valence-corrected chi connectivity index (χ1v) is 10.9. The van der Waals surface area contributed by atoms with Crippen molar-refractivity contribution in [2.45, 2.75) is 33.6 Å². The van der Waals surface area contributed by atoms with Crippen molar-refractivity contribution in [3.8, 4) is 11.3 Å². The van der Waals surface area contributed by atoms with Crippen LogP contribution in [0.3, 0.4) is 0 Å². The van der Waals surface area contributed by atoms with Gasteiger partial charge in [-0.3, -0.25) is 14.0 Å². The average molecular weight is 429 g/mol. The fraction of sp³-hybridized carbons (Fsp3) is 0.409. The molecular weight excluding hydrogens is 403 g/mol. The van der Waals surface area contributed by atoms with Crippen molar-refractivity contribution in [2.24, 2.45) is 11.3 Å². The maximum atomic E-state index is 13.3. The van der Waals surface area contributed by atoms with Crippen LogP contribution in [0.4, 0.5) is 10.2 Å². The first-order valence-electron chi connectivity index (χ1n) is 10.1. The molecule has 3 heterocycles. The van der Waals surface area contributed by atoms with Crippen LogP contribution in [0, 0.1) is 17.2 Å². The van der Waals surface area contributed by atoms with E-state index in [0.717, 1.165) is 10.5 Å². The number of carbonyl (C=O) groups excluding carboxylic acids is 2. The number of thiazole rings is 1. The normalized spacial score (nSPS) is 15.5. The Hall–Kier alpha value is -2.74. The average Bonchev–Trinajstić information content (AvgIpc) is 3.30. The van der Waals surface area contributed by atoms with Crippen molar-refractivity contribution >= 4 is 33.9 Å². The number of rotatable bonds is 3. The number of piperidine rings is 1. The summed E-state index contributed by atoms with van der Waals surface area (Å²) < 4.78 is 15.2. The number of imidazole rings is 1. The van der Waals surface area contributed by atoms with Gasteiger partial charge in [-0.2, -0.15) is 0 Å². The molecule has 6 nitrogen and oxygen atoms in total. The van der Waals surface area contributed by atoms with Crippen LogP contribution < -0.4 is 5.32 Å². The van der Waals surface area contributed by atoms with E-state index in [1.165, 1.54) is 23.5 Å². The van der Waals surface area contributed by atoms with Crippen molar-refractivity contribution in [3.05, 3.63) is 41.7 Å². The summed E-state index contributed by atoms with van der Waals surface area (Å²) in [6.45, 7) is 6.91. The number of halogens is 1. The second-order valence-corrected chi connectivity index (χ2v) is 9.55. The van der Waals surface area contributed by atoms with Crippen molar-refractivity contribution in [2.75, 3.05) is 18.4 Å². The smallest absolute Gasteiger partial charge is 0.228 e. The lowest BCUT2D eigenvalue weighted by Gasteiger charge is -2.35. The maximum Gasteiger partial charge on any atom is 0.228 e. The number of anilines is 1. The Labute approximate surface area is 178 Å². The number of benzene rings is 1. The first kappa shape index (κ1) is 20.5. The van der Waals surface area contributed by atoms with Gasteiger partial charge >= 0.3 is 0 Å². The molecule has 0 atom stereocenters. The van der Waals surface area contributed by atoms with Gasteiger partial charge in [0, 0.05) is 41.6 Å². The van der Waals surface area contributed by atoms with Crippen molar-refractivity contribution in [3.63, 3.8) is 0 Å². The summed E-state index contributed by atoms with van der Waals surface area (Å²) in [5.41, 5.74) is 0.949. The van der Waals surface area contributed by atoms with Crippen LogP contribution in [-0.4, -0.2) is 39.2 Å². The highest BCUT2D eigenvalue weighted by atomic mass is 32.1. The molecule has 3 aromatic rings.